The van der Waals surface area contributed by atoms with Gasteiger partial charge in [0.1, 0.15) is 22.6 Å². The lowest BCUT2D eigenvalue weighted by Crippen LogP contribution is -2.35. The fraction of sp³-hybridized carbons (Fsp3) is 0.500. The van der Waals surface area contributed by atoms with Crippen LogP contribution < -0.4 is 4.90 Å². The molecule has 1 fully saturated rings. The summed E-state index contributed by atoms with van der Waals surface area (Å²) in [5.74, 6) is 2.99. The monoisotopic (exact) mass is 376 g/mol. The van der Waals surface area contributed by atoms with Gasteiger partial charge in [0, 0.05) is 26.1 Å². The topological polar surface area (TPSA) is 88.4 Å². The Morgan fingerprint density at radius 3 is 3.00 bits per heavy atom. The molecule has 0 saturated carbocycles. The van der Waals surface area contributed by atoms with Crippen LogP contribution in [0, 0.1) is 6.92 Å². The molecular formula is C14H17BrN8. The van der Waals surface area contributed by atoms with Crippen molar-refractivity contribution in [2.24, 2.45) is 7.05 Å². The van der Waals surface area contributed by atoms with Gasteiger partial charge in [-0.1, -0.05) is 0 Å². The summed E-state index contributed by atoms with van der Waals surface area (Å²) in [4.78, 5) is 15.6. The molecule has 1 unspecified atom stereocenters. The van der Waals surface area contributed by atoms with E-state index in [-0.39, 0.29) is 0 Å². The summed E-state index contributed by atoms with van der Waals surface area (Å²) in [5.41, 5.74) is 0.831. The lowest BCUT2D eigenvalue weighted by Gasteiger charge is -2.32. The van der Waals surface area contributed by atoms with E-state index in [0.717, 1.165) is 59.0 Å². The maximum absolute atomic E-state index is 4.52. The molecule has 0 spiro atoms. The lowest BCUT2D eigenvalue weighted by atomic mass is 9.97. The van der Waals surface area contributed by atoms with Crippen molar-refractivity contribution in [3.8, 4) is 0 Å². The van der Waals surface area contributed by atoms with Crippen LogP contribution in [0.4, 0.5) is 5.82 Å². The third-order valence-corrected chi connectivity index (χ3v) is 4.81. The quantitative estimate of drug-likeness (QED) is 0.734. The van der Waals surface area contributed by atoms with E-state index in [9.17, 15) is 0 Å². The maximum atomic E-state index is 4.52. The van der Waals surface area contributed by atoms with E-state index in [1.807, 2.05) is 14.0 Å². The van der Waals surface area contributed by atoms with Gasteiger partial charge in [0.05, 0.1) is 5.39 Å². The highest BCUT2D eigenvalue weighted by Crippen LogP contribution is 2.33. The third-order valence-electron chi connectivity index (χ3n) is 4.26. The number of nitrogens with one attached hydrogen (secondary N) is 1. The Bertz CT molecular complexity index is 854. The number of aromatic amines is 1. The Balaban J connectivity index is 1.70. The number of fused-ring (bicyclic) bond motifs is 1. The summed E-state index contributed by atoms with van der Waals surface area (Å²) in [6.45, 7) is 3.75. The predicted molar refractivity (Wildman–Crippen MR) is 89.3 cm³/mol. The zero-order valence-electron chi connectivity index (χ0n) is 13.0. The van der Waals surface area contributed by atoms with Crippen LogP contribution in [0.3, 0.4) is 0 Å². The van der Waals surface area contributed by atoms with E-state index in [2.05, 4.69) is 51.1 Å². The first kappa shape index (κ1) is 14.6. The molecule has 1 saturated heterocycles. The van der Waals surface area contributed by atoms with Crippen LogP contribution in [0.1, 0.15) is 30.4 Å². The summed E-state index contributed by atoms with van der Waals surface area (Å²) in [6.07, 6.45) is 3.78. The number of anilines is 1. The number of halogens is 1. The number of hydrogen-bond donors (Lipinski definition) is 1. The van der Waals surface area contributed by atoms with E-state index < -0.39 is 0 Å². The van der Waals surface area contributed by atoms with Gasteiger partial charge in [0.2, 0.25) is 0 Å². The van der Waals surface area contributed by atoms with Crippen molar-refractivity contribution < 1.29 is 0 Å². The molecule has 3 aromatic rings. The Morgan fingerprint density at radius 1 is 1.35 bits per heavy atom. The first-order chi connectivity index (χ1) is 11.1. The second-order valence-corrected chi connectivity index (χ2v) is 6.63. The highest BCUT2D eigenvalue weighted by Gasteiger charge is 2.27. The first-order valence-electron chi connectivity index (χ1n) is 7.60. The summed E-state index contributed by atoms with van der Waals surface area (Å²) in [7, 11) is 1.89. The molecule has 23 heavy (non-hydrogen) atoms. The molecule has 4 rings (SSSR count). The number of hydrogen-bond acceptors (Lipinski definition) is 6. The van der Waals surface area contributed by atoms with Crippen molar-refractivity contribution in [3.63, 3.8) is 0 Å². The zero-order chi connectivity index (χ0) is 16.0. The predicted octanol–water partition coefficient (Wildman–Crippen LogP) is 1.94. The third kappa shape index (κ3) is 2.48. The molecule has 0 amide bonds. The molecule has 0 radical (unpaired) electrons. The Morgan fingerprint density at radius 2 is 2.22 bits per heavy atom. The van der Waals surface area contributed by atoms with Crippen LogP contribution in [0.25, 0.3) is 11.0 Å². The summed E-state index contributed by atoms with van der Waals surface area (Å²) in [5, 5.41) is 12.6. The Kier molecular flexibility index (Phi) is 3.51. The van der Waals surface area contributed by atoms with Gasteiger partial charge in [-0.3, -0.25) is 5.10 Å². The van der Waals surface area contributed by atoms with E-state index in [1.165, 1.54) is 0 Å². The minimum absolute atomic E-state index is 0.314. The minimum atomic E-state index is 0.314. The average molecular weight is 377 g/mol. The molecule has 1 aliphatic heterocycles. The van der Waals surface area contributed by atoms with Gasteiger partial charge in [-0.2, -0.15) is 10.2 Å². The molecule has 0 aromatic carbocycles. The molecule has 120 valence electrons. The van der Waals surface area contributed by atoms with Crippen LogP contribution in [0.2, 0.25) is 0 Å². The molecule has 0 bridgehead atoms. The molecule has 9 heteroatoms. The van der Waals surface area contributed by atoms with Crippen LogP contribution in [-0.2, 0) is 7.05 Å². The second kappa shape index (κ2) is 5.55. The normalized spacial score (nSPS) is 18.7. The lowest BCUT2D eigenvalue weighted by molar-refractivity contribution is 0.490. The van der Waals surface area contributed by atoms with Gasteiger partial charge >= 0.3 is 0 Å². The van der Waals surface area contributed by atoms with Crippen molar-refractivity contribution >= 4 is 32.8 Å². The summed E-state index contributed by atoms with van der Waals surface area (Å²) < 4.78 is 2.55. The molecule has 0 aliphatic carbocycles. The average Bonchev–Trinajstić information content (AvgIpc) is 3.12. The van der Waals surface area contributed by atoms with Crippen LogP contribution in [0.5, 0.6) is 0 Å². The highest BCUT2D eigenvalue weighted by molar-refractivity contribution is 9.10. The van der Waals surface area contributed by atoms with E-state index >= 15 is 0 Å². The molecule has 4 heterocycles. The van der Waals surface area contributed by atoms with Crippen LogP contribution in [0.15, 0.2) is 10.9 Å². The summed E-state index contributed by atoms with van der Waals surface area (Å²) >= 11 is 3.53. The van der Waals surface area contributed by atoms with Crippen LogP contribution in [-0.4, -0.2) is 48.0 Å². The van der Waals surface area contributed by atoms with Gasteiger partial charge in [-0.05, 0) is 35.7 Å². The zero-order valence-corrected chi connectivity index (χ0v) is 14.6. The van der Waals surface area contributed by atoms with Crippen molar-refractivity contribution in [2.45, 2.75) is 25.7 Å². The van der Waals surface area contributed by atoms with Crippen molar-refractivity contribution in [1.29, 1.82) is 0 Å². The fourth-order valence-corrected chi connectivity index (χ4v) is 3.78. The SMILES string of the molecule is Cc1nc(C2CCCN(c3ncnc4c3c(Br)nn4C)C2)n[nH]1. The smallest absolute Gasteiger partial charge is 0.164 e. The Labute approximate surface area is 141 Å². The van der Waals surface area contributed by atoms with E-state index in [0.29, 0.717) is 5.92 Å². The van der Waals surface area contributed by atoms with Crippen molar-refractivity contribution in [1.82, 2.24) is 34.9 Å². The van der Waals surface area contributed by atoms with Gasteiger partial charge in [0.15, 0.2) is 11.5 Å². The van der Waals surface area contributed by atoms with Gasteiger partial charge in [0.25, 0.3) is 0 Å². The standard InChI is InChI=1S/C14H17BrN8/c1-8-18-12(20-19-8)9-4-3-5-23(6-9)14-10-11(15)21-22(2)13(10)16-7-17-14/h7,9H,3-6H2,1-2H3,(H,18,19,20). The summed E-state index contributed by atoms with van der Waals surface area (Å²) in [6, 6.07) is 0. The molecule has 1 aliphatic rings. The molecule has 1 atom stereocenters. The maximum Gasteiger partial charge on any atom is 0.164 e. The minimum Gasteiger partial charge on any atom is -0.355 e. The number of piperidine rings is 1. The van der Waals surface area contributed by atoms with Gasteiger partial charge in [-0.25, -0.2) is 19.6 Å². The van der Waals surface area contributed by atoms with Crippen molar-refractivity contribution in [3.05, 3.63) is 22.6 Å². The molecule has 1 N–H and O–H groups in total. The van der Waals surface area contributed by atoms with E-state index in [4.69, 9.17) is 0 Å². The second-order valence-electron chi connectivity index (χ2n) is 5.87. The van der Waals surface area contributed by atoms with E-state index in [1.54, 1.807) is 11.0 Å². The number of nitrogens with zero attached hydrogens (tertiary/aromatic N) is 7. The van der Waals surface area contributed by atoms with Gasteiger partial charge < -0.3 is 4.90 Å². The molecular weight excluding hydrogens is 360 g/mol. The van der Waals surface area contributed by atoms with Crippen LogP contribution >= 0.6 is 15.9 Å². The largest absolute Gasteiger partial charge is 0.355 e. The first-order valence-corrected chi connectivity index (χ1v) is 8.40. The number of rotatable bonds is 2. The number of aromatic nitrogens is 7. The number of aryl methyl sites for hydroxylation is 2. The van der Waals surface area contributed by atoms with Crippen molar-refractivity contribution in [2.75, 3.05) is 18.0 Å². The van der Waals surface area contributed by atoms with Gasteiger partial charge in [-0.15, -0.1) is 0 Å². The Hall–Kier alpha value is -2.03. The number of H-pyrrole nitrogens is 1. The highest BCUT2D eigenvalue weighted by atomic mass is 79.9. The molecule has 3 aromatic heterocycles. The fourth-order valence-electron chi connectivity index (χ4n) is 3.19. The molecule has 8 nitrogen and oxygen atoms in total.